The van der Waals surface area contributed by atoms with E-state index >= 15 is 0 Å². The zero-order valence-electron chi connectivity index (χ0n) is 14.0. The van der Waals surface area contributed by atoms with E-state index in [0.29, 0.717) is 0 Å². The van der Waals surface area contributed by atoms with Gasteiger partial charge in [0.2, 0.25) is 0 Å². The summed E-state index contributed by atoms with van der Waals surface area (Å²) in [6.45, 7) is 12.2. The van der Waals surface area contributed by atoms with Gasteiger partial charge >= 0.3 is 0 Å². The summed E-state index contributed by atoms with van der Waals surface area (Å²) in [7, 11) is 0. The van der Waals surface area contributed by atoms with Gasteiger partial charge in [-0.15, -0.1) is 0 Å². The van der Waals surface area contributed by atoms with Gasteiger partial charge in [0.15, 0.2) is 0 Å². The highest BCUT2D eigenvalue weighted by Crippen LogP contribution is 2.15. The molecule has 0 aliphatic carbocycles. The van der Waals surface area contributed by atoms with Crippen LogP contribution in [0.25, 0.3) is 0 Å². The standard InChI is InChI=1S/C17H38N2/c1-5-7-8-9-10-11-12-13-15-19(14-6-2)17(3,4)16-18/h5-16,18H2,1-4H3. The van der Waals surface area contributed by atoms with Gasteiger partial charge in [-0.1, -0.05) is 58.8 Å². The molecule has 0 saturated heterocycles. The highest BCUT2D eigenvalue weighted by atomic mass is 15.2. The third-order valence-electron chi connectivity index (χ3n) is 4.13. The summed E-state index contributed by atoms with van der Waals surface area (Å²) in [5.74, 6) is 0. The topological polar surface area (TPSA) is 29.3 Å². The Hall–Kier alpha value is -0.0800. The Bertz CT molecular complexity index is 190. The van der Waals surface area contributed by atoms with E-state index in [2.05, 4.69) is 32.6 Å². The molecule has 2 nitrogen and oxygen atoms in total. The van der Waals surface area contributed by atoms with E-state index < -0.39 is 0 Å². The third kappa shape index (κ3) is 9.45. The Balaban J connectivity index is 3.65. The highest BCUT2D eigenvalue weighted by Gasteiger charge is 2.23. The van der Waals surface area contributed by atoms with Crippen molar-refractivity contribution in [2.24, 2.45) is 5.73 Å². The minimum atomic E-state index is 0.164. The number of nitrogens with zero attached hydrogens (tertiary/aromatic N) is 1. The van der Waals surface area contributed by atoms with Gasteiger partial charge in [-0.05, 0) is 39.8 Å². The highest BCUT2D eigenvalue weighted by molar-refractivity contribution is 4.82. The Morgan fingerprint density at radius 1 is 0.737 bits per heavy atom. The van der Waals surface area contributed by atoms with Crippen LogP contribution < -0.4 is 5.73 Å². The average Bonchev–Trinajstić information content (AvgIpc) is 2.40. The van der Waals surface area contributed by atoms with Crippen LogP contribution in [-0.4, -0.2) is 30.1 Å². The Morgan fingerprint density at radius 3 is 1.74 bits per heavy atom. The van der Waals surface area contributed by atoms with Crippen molar-refractivity contribution < 1.29 is 0 Å². The van der Waals surface area contributed by atoms with Gasteiger partial charge in [0, 0.05) is 12.1 Å². The molecular weight excluding hydrogens is 232 g/mol. The van der Waals surface area contributed by atoms with Crippen molar-refractivity contribution in [1.29, 1.82) is 0 Å². The molecule has 0 rings (SSSR count). The molecule has 0 aliphatic rings. The molecule has 0 bridgehead atoms. The molecule has 0 unspecified atom stereocenters. The monoisotopic (exact) mass is 270 g/mol. The van der Waals surface area contributed by atoms with Crippen molar-refractivity contribution in [2.45, 2.75) is 91.0 Å². The SMILES string of the molecule is CCCCCCCCCCN(CCC)C(C)(C)CN. The minimum Gasteiger partial charge on any atom is -0.329 e. The normalized spacial score (nSPS) is 12.3. The number of nitrogens with two attached hydrogens (primary N) is 1. The maximum atomic E-state index is 5.89. The molecule has 0 heterocycles. The molecule has 0 saturated carbocycles. The van der Waals surface area contributed by atoms with Gasteiger partial charge in [0.25, 0.3) is 0 Å². The summed E-state index contributed by atoms with van der Waals surface area (Å²) in [4.78, 5) is 2.57. The molecule has 0 aromatic heterocycles. The second-order valence-electron chi connectivity index (χ2n) is 6.48. The molecule has 0 fully saturated rings. The van der Waals surface area contributed by atoms with Gasteiger partial charge in [0.05, 0.1) is 0 Å². The van der Waals surface area contributed by atoms with Crippen LogP contribution in [0.2, 0.25) is 0 Å². The summed E-state index contributed by atoms with van der Waals surface area (Å²) >= 11 is 0. The largest absolute Gasteiger partial charge is 0.329 e. The van der Waals surface area contributed by atoms with E-state index in [4.69, 9.17) is 5.73 Å². The molecule has 0 spiro atoms. The van der Waals surface area contributed by atoms with E-state index in [1.807, 2.05) is 0 Å². The molecule has 0 aliphatic heterocycles. The van der Waals surface area contributed by atoms with E-state index in [9.17, 15) is 0 Å². The van der Waals surface area contributed by atoms with E-state index in [0.717, 1.165) is 6.54 Å². The molecule has 0 aromatic carbocycles. The lowest BCUT2D eigenvalue weighted by Crippen LogP contribution is -2.50. The summed E-state index contributed by atoms with van der Waals surface area (Å²) in [6.07, 6.45) is 12.4. The fraction of sp³-hybridized carbons (Fsp3) is 1.00. The molecule has 2 heteroatoms. The second-order valence-corrected chi connectivity index (χ2v) is 6.48. The molecule has 0 radical (unpaired) electrons. The van der Waals surface area contributed by atoms with Crippen molar-refractivity contribution in [3.63, 3.8) is 0 Å². The van der Waals surface area contributed by atoms with Crippen LogP contribution in [0.4, 0.5) is 0 Å². The Morgan fingerprint density at radius 2 is 1.26 bits per heavy atom. The first kappa shape index (κ1) is 18.9. The van der Waals surface area contributed by atoms with Crippen molar-refractivity contribution >= 4 is 0 Å². The predicted octanol–water partition coefficient (Wildman–Crippen LogP) is 4.58. The average molecular weight is 271 g/mol. The van der Waals surface area contributed by atoms with Crippen molar-refractivity contribution in [2.75, 3.05) is 19.6 Å². The maximum Gasteiger partial charge on any atom is 0.0275 e. The molecule has 116 valence electrons. The molecule has 2 N–H and O–H groups in total. The van der Waals surface area contributed by atoms with Crippen LogP contribution in [0.3, 0.4) is 0 Å². The second kappa shape index (κ2) is 11.7. The third-order valence-corrected chi connectivity index (χ3v) is 4.13. The lowest BCUT2D eigenvalue weighted by Gasteiger charge is -2.37. The van der Waals surface area contributed by atoms with E-state index in [1.165, 1.54) is 70.9 Å². The molecule has 0 amide bonds. The molecule has 0 atom stereocenters. The summed E-state index contributed by atoms with van der Waals surface area (Å²) in [5, 5.41) is 0. The predicted molar refractivity (Wildman–Crippen MR) is 87.6 cm³/mol. The Labute approximate surface area is 122 Å². The van der Waals surface area contributed by atoms with E-state index in [-0.39, 0.29) is 5.54 Å². The summed E-state index contributed by atoms with van der Waals surface area (Å²) in [6, 6.07) is 0. The van der Waals surface area contributed by atoms with Crippen LogP contribution in [0, 0.1) is 0 Å². The first-order chi connectivity index (χ1) is 9.08. The first-order valence-electron chi connectivity index (χ1n) is 8.53. The number of unbranched alkanes of at least 4 members (excludes halogenated alkanes) is 7. The fourth-order valence-electron chi connectivity index (χ4n) is 2.55. The molecule has 19 heavy (non-hydrogen) atoms. The van der Waals surface area contributed by atoms with Gasteiger partial charge in [0.1, 0.15) is 0 Å². The van der Waals surface area contributed by atoms with Crippen molar-refractivity contribution in [3.05, 3.63) is 0 Å². The molecular formula is C17H38N2. The summed E-state index contributed by atoms with van der Waals surface area (Å²) in [5.41, 5.74) is 6.06. The quantitative estimate of drug-likeness (QED) is 0.496. The smallest absolute Gasteiger partial charge is 0.0275 e. The first-order valence-corrected chi connectivity index (χ1v) is 8.53. The van der Waals surface area contributed by atoms with Crippen LogP contribution >= 0.6 is 0 Å². The van der Waals surface area contributed by atoms with Crippen LogP contribution in [0.5, 0.6) is 0 Å². The molecule has 0 aromatic rings. The van der Waals surface area contributed by atoms with Gasteiger partial charge < -0.3 is 5.73 Å². The van der Waals surface area contributed by atoms with E-state index in [1.54, 1.807) is 0 Å². The van der Waals surface area contributed by atoms with Crippen LogP contribution in [-0.2, 0) is 0 Å². The number of hydrogen-bond donors (Lipinski definition) is 1. The van der Waals surface area contributed by atoms with Gasteiger partial charge in [-0.2, -0.15) is 0 Å². The summed E-state index contributed by atoms with van der Waals surface area (Å²) < 4.78 is 0. The zero-order chi connectivity index (χ0) is 14.6. The van der Waals surface area contributed by atoms with Gasteiger partial charge in [-0.3, -0.25) is 4.90 Å². The number of hydrogen-bond acceptors (Lipinski definition) is 2. The Kier molecular flexibility index (Phi) is 11.7. The fourth-order valence-corrected chi connectivity index (χ4v) is 2.55. The maximum absolute atomic E-state index is 5.89. The van der Waals surface area contributed by atoms with Crippen molar-refractivity contribution in [3.8, 4) is 0 Å². The van der Waals surface area contributed by atoms with Gasteiger partial charge in [-0.25, -0.2) is 0 Å². The van der Waals surface area contributed by atoms with Crippen molar-refractivity contribution in [1.82, 2.24) is 4.90 Å². The lowest BCUT2D eigenvalue weighted by molar-refractivity contribution is 0.124. The number of rotatable bonds is 13. The zero-order valence-corrected chi connectivity index (χ0v) is 14.0. The lowest BCUT2D eigenvalue weighted by atomic mass is 10.0. The van der Waals surface area contributed by atoms with Crippen LogP contribution in [0.1, 0.15) is 85.5 Å². The van der Waals surface area contributed by atoms with Crippen LogP contribution in [0.15, 0.2) is 0 Å². The minimum absolute atomic E-state index is 0.164.